The summed E-state index contributed by atoms with van der Waals surface area (Å²) < 4.78 is 5.38. The van der Waals surface area contributed by atoms with Crippen molar-refractivity contribution in [1.82, 2.24) is 4.90 Å². The molecule has 2 aliphatic heterocycles. The first kappa shape index (κ1) is 13.8. The fourth-order valence-corrected chi connectivity index (χ4v) is 3.28. The predicted octanol–water partition coefficient (Wildman–Crippen LogP) is 1.39. The minimum absolute atomic E-state index is 0.271. The Morgan fingerprint density at radius 3 is 2.61 bits per heavy atom. The van der Waals surface area contributed by atoms with E-state index in [4.69, 9.17) is 10.5 Å². The van der Waals surface area contributed by atoms with Crippen LogP contribution in [0.1, 0.15) is 39.5 Å². The van der Waals surface area contributed by atoms with Crippen molar-refractivity contribution in [1.29, 1.82) is 0 Å². The highest BCUT2D eigenvalue weighted by atomic mass is 16.5. The van der Waals surface area contributed by atoms with Crippen LogP contribution >= 0.6 is 0 Å². The van der Waals surface area contributed by atoms with E-state index in [-0.39, 0.29) is 11.3 Å². The Morgan fingerprint density at radius 2 is 2.06 bits per heavy atom. The van der Waals surface area contributed by atoms with Crippen LogP contribution in [0.4, 0.5) is 0 Å². The van der Waals surface area contributed by atoms with Gasteiger partial charge in [0.05, 0.1) is 5.41 Å². The second-order valence-electron chi connectivity index (χ2n) is 6.07. The van der Waals surface area contributed by atoms with Crippen molar-refractivity contribution in [2.24, 2.45) is 17.1 Å². The van der Waals surface area contributed by atoms with Gasteiger partial charge in [-0.25, -0.2) is 0 Å². The van der Waals surface area contributed by atoms with Crippen molar-refractivity contribution in [3.8, 4) is 0 Å². The first-order valence-electron chi connectivity index (χ1n) is 7.18. The molecule has 0 spiro atoms. The van der Waals surface area contributed by atoms with Gasteiger partial charge in [-0.05, 0) is 38.5 Å². The van der Waals surface area contributed by atoms with Crippen LogP contribution in [0.3, 0.4) is 0 Å². The molecule has 4 nitrogen and oxygen atoms in total. The molecule has 104 valence electrons. The molecule has 2 rings (SSSR count). The number of nitrogens with zero attached hydrogens (tertiary/aromatic N) is 1. The summed E-state index contributed by atoms with van der Waals surface area (Å²) in [4.78, 5) is 14.9. The van der Waals surface area contributed by atoms with Crippen LogP contribution in [-0.4, -0.2) is 43.2 Å². The van der Waals surface area contributed by atoms with Crippen LogP contribution in [0.15, 0.2) is 0 Å². The number of amides is 1. The molecule has 0 aliphatic carbocycles. The van der Waals surface area contributed by atoms with Crippen molar-refractivity contribution < 1.29 is 9.53 Å². The van der Waals surface area contributed by atoms with E-state index < -0.39 is 0 Å². The van der Waals surface area contributed by atoms with E-state index in [1.165, 1.54) is 0 Å². The Bertz CT molecular complexity index is 300. The summed E-state index contributed by atoms with van der Waals surface area (Å²) in [6, 6.07) is 0.354. The monoisotopic (exact) mass is 254 g/mol. The molecule has 2 unspecified atom stereocenters. The Morgan fingerprint density at radius 1 is 1.39 bits per heavy atom. The lowest BCUT2D eigenvalue weighted by Crippen LogP contribution is -2.55. The third-order valence-corrected chi connectivity index (χ3v) is 4.69. The van der Waals surface area contributed by atoms with Gasteiger partial charge >= 0.3 is 0 Å². The lowest BCUT2D eigenvalue weighted by Gasteiger charge is -2.44. The first-order valence-corrected chi connectivity index (χ1v) is 7.18. The summed E-state index contributed by atoms with van der Waals surface area (Å²) in [6.45, 7) is 7.11. The van der Waals surface area contributed by atoms with E-state index >= 15 is 0 Å². The molecule has 2 atom stereocenters. The molecular formula is C14H26N2O2. The third kappa shape index (κ3) is 2.54. The zero-order valence-electron chi connectivity index (χ0n) is 11.7. The highest BCUT2D eigenvalue weighted by Crippen LogP contribution is 2.34. The first-order chi connectivity index (χ1) is 8.59. The van der Waals surface area contributed by atoms with Crippen LogP contribution < -0.4 is 5.73 Å². The third-order valence-electron chi connectivity index (χ3n) is 4.69. The summed E-state index contributed by atoms with van der Waals surface area (Å²) in [5.41, 5.74) is 5.56. The van der Waals surface area contributed by atoms with E-state index in [9.17, 15) is 4.79 Å². The fourth-order valence-electron chi connectivity index (χ4n) is 3.28. The highest BCUT2D eigenvalue weighted by Gasteiger charge is 2.43. The van der Waals surface area contributed by atoms with Crippen molar-refractivity contribution in [2.75, 3.05) is 26.3 Å². The van der Waals surface area contributed by atoms with E-state index in [1.807, 2.05) is 0 Å². The normalized spacial score (nSPS) is 32.3. The van der Waals surface area contributed by atoms with Crippen molar-refractivity contribution >= 4 is 5.91 Å². The van der Waals surface area contributed by atoms with Gasteiger partial charge in [0.1, 0.15) is 0 Å². The molecule has 2 heterocycles. The van der Waals surface area contributed by atoms with Gasteiger partial charge in [-0.3, -0.25) is 4.79 Å². The zero-order chi connectivity index (χ0) is 13.2. The summed E-state index contributed by atoms with van der Waals surface area (Å²) in [7, 11) is 0. The smallest absolute Gasteiger partial charge is 0.230 e. The van der Waals surface area contributed by atoms with Gasteiger partial charge in [-0.15, -0.1) is 0 Å². The molecule has 4 heteroatoms. The largest absolute Gasteiger partial charge is 0.381 e. The van der Waals surface area contributed by atoms with Gasteiger partial charge < -0.3 is 15.4 Å². The minimum atomic E-state index is -0.354. The number of ether oxygens (including phenoxy) is 1. The average molecular weight is 254 g/mol. The average Bonchev–Trinajstić information content (AvgIpc) is 2.39. The number of piperidine rings is 1. The summed E-state index contributed by atoms with van der Waals surface area (Å²) >= 11 is 0. The molecule has 2 fully saturated rings. The summed E-state index contributed by atoms with van der Waals surface area (Å²) in [5, 5.41) is 0. The van der Waals surface area contributed by atoms with Gasteiger partial charge in [0.2, 0.25) is 5.91 Å². The van der Waals surface area contributed by atoms with E-state index in [2.05, 4.69) is 18.7 Å². The maximum absolute atomic E-state index is 12.8. The summed E-state index contributed by atoms with van der Waals surface area (Å²) in [6.07, 6.45) is 3.79. The number of nitrogens with two attached hydrogens (primary N) is 1. The number of carbonyl (C=O) groups excluding carboxylic acids is 1. The number of carbonyl (C=O) groups is 1. The second kappa shape index (κ2) is 5.57. The second-order valence-corrected chi connectivity index (χ2v) is 6.07. The number of likely N-dealkylation sites (tertiary alicyclic amines) is 1. The van der Waals surface area contributed by atoms with Crippen molar-refractivity contribution in [2.45, 2.75) is 45.6 Å². The molecule has 1 amide bonds. The van der Waals surface area contributed by atoms with E-state index in [0.29, 0.717) is 25.8 Å². The van der Waals surface area contributed by atoms with Crippen LogP contribution in [-0.2, 0) is 9.53 Å². The molecule has 2 aliphatic rings. The van der Waals surface area contributed by atoms with Crippen LogP contribution in [0, 0.1) is 11.3 Å². The molecule has 0 radical (unpaired) electrons. The molecule has 0 saturated carbocycles. The molecule has 0 bridgehead atoms. The molecule has 0 aromatic rings. The highest BCUT2D eigenvalue weighted by molar-refractivity contribution is 5.83. The quantitative estimate of drug-likeness (QED) is 0.810. The maximum atomic E-state index is 12.8. The molecule has 0 aromatic carbocycles. The Labute approximate surface area is 110 Å². The fraction of sp³-hybridized carbons (Fsp3) is 0.929. The Balaban J connectivity index is 2.09. The number of rotatable bonds is 2. The Hall–Kier alpha value is -0.610. The van der Waals surface area contributed by atoms with Gasteiger partial charge in [0.25, 0.3) is 0 Å². The standard InChI is InChI=1S/C14H26N2O2/c1-11-3-6-16(12(2)9-11)13(17)14(10-15)4-7-18-8-5-14/h11-12H,3-10,15H2,1-2H3. The summed E-state index contributed by atoms with van der Waals surface area (Å²) in [5.74, 6) is 1.00. The lowest BCUT2D eigenvalue weighted by atomic mass is 9.77. The van der Waals surface area contributed by atoms with Gasteiger partial charge in [0.15, 0.2) is 0 Å². The molecular weight excluding hydrogens is 228 g/mol. The molecule has 0 aromatic heterocycles. The molecule has 2 saturated heterocycles. The topological polar surface area (TPSA) is 55.6 Å². The number of hydrogen-bond donors (Lipinski definition) is 1. The van der Waals surface area contributed by atoms with Crippen molar-refractivity contribution in [3.63, 3.8) is 0 Å². The van der Waals surface area contributed by atoms with E-state index in [1.54, 1.807) is 0 Å². The van der Waals surface area contributed by atoms with Crippen molar-refractivity contribution in [3.05, 3.63) is 0 Å². The molecule has 18 heavy (non-hydrogen) atoms. The van der Waals surface area contributed by atoms with E-state index in [0.717, 1.165) is 38.1 Å². The number of hydrogen-bond acceptors (Lipinski definition) is 3. The predicted molar refractivity (Wildman–Crippen MR) is 71.1 cm³/mol. The van der Waals surface area contributed by atoms with Crippen LogP contribution in [0.5, 0.6) is 0 Å². The van der Waals surface area contributed by atoms with Crippen LogP contribution in [0.2, 0.25) is 0 Å². The minimum Gasteiger partial charge on any atom is -0.381 e. The lowest BCUT2D eigenvalue weighted by molar-refractivity contribution is -0.151. The van der Waals surface area contributed by atoms with Gasteiger partial charge in [-0.2, -0.15) is 0 Å². The van der Waals surface area contributed by atoms with Crippen LogP contribution in [0.25, 0.3) is 0 Å². The Kier molecular flexibility index (Phi) is 4.28. The van der Waals surface area contributed by atoms with Gasteiger partial charge in [-0.1, -0.05) is 6.92 Å². The SMILES string of the molecule is CC1CCN(C(=O)C2(CN)CCOCC2)C(C)C1. The zero-order valence-corrected chi connectivity index (χ0v) is 11.7. The maximum Gasteiger partial charge on any atom is 0.230 e. The molecule has 2 N–H and O–H groups in total. The van der Waals surface area contributed by atoms with Gasteiger partial charge in [0, 0.05) is 32.3 Å².